The average Bonchev–Trinajstić information content (AvgIpc) is 2.28. The third kappa shape index (κ3) is 6.02. The van der Waals surface area contributed by atoms with E-state index in [1.54, 1.807) is 14.0 Å². The fourth-order valence-corrected chi connectivity index (χ4v) is 1.96. The van der Waals surface area contributed by atoms with Crippen LogP contribution in [0.4, 0.5) is 0 Å². The van der Waals surface area contributed by atoms with E-state index in [2.05, 4.69) is 10.6 Å². The zero-order chi connectivity index (χ0) is 14.5. The number of carbonyl (C=O) groups is 2. The molecular formula is C13H24N2O4. The molecule has 0 radical (unpaired) electrons. The van der Waals surface area contributed by atoms with Gasteiger partial charge in [0.15, 0.2) is 0 Å². The van der Waals surface area contributed by atoms with E-state index in [4.69, 9.17) is 4.74 Å². The van der Waals surface area contributed by atoms with Crippen molar-refractivity contribution in [1.82, 2.24) is 10.6 Å². The van der Waals surface area contributed by atoms with Crippen LogP contribution in [0, 0.1) is 0 Å². The maximum absolute atomic E-state index is 11.7. The summed E-state index contributed by atoms with van der Waals surface area (Å²) in [5.41, 5.74) is -1.06. The Morgan fingerprint density at radius 2 is 2.05 bits per heavy atom. The molecule has 1 aliphatic rings. The average molecular weight is 272 g/mol. The molecule has 0 aromatic heterocycles. The lowest BCUT2D eigenvalue weighted by Crippen LogP contribution is -2.48. The van der Waals surface area contributed by atoms with E-state index in [1.807, 2.05) is 0 Å². The lowest BCUT2D eigenvalue weighted by molar-refractivity contribution is -0.124. The number of ether oxygens (including phenoxy) is 1. The maximum Gasteiger partial charge on any atom is 0.220 e. The topological polar surface area (TPSA) is 87.7 Å². The zero-order valence-electron chi connectivity index (χ0n) is 11.9. The fourth-order valence-electron chi connectivity index (χ4n) is 1.96. The van der Waals surface area contributed by atoms with Crippen molar-refractivity contribution < 1.29 is 19.4 Å². The lowest BCUT2D eigenvalue weighted by Gasteiger charge is -2.34. The van der Waals surface area contributed by atoms with Crippen molar-refractivity contribution in [2.45, 2.75) is 57.3 Å². The minimum atomic E-state index is -1.06. The molecule has 2 amide bonds. The Morgan fingerprint density at radius 1 is 1.42 bits per heavy atom. The molecule has 6 nitrogen and oxygen atoms in total. The van der Waals surface area contributed by atoms with E-state index in [0.717, 1.165) is 12.8 Å². The van der Waals surface area contributed by atoms with Crippen LogP contribution in [-0.4, -0.2) is 48.3 Å². The Kier molecular flexibility index (Phi) is 5.75. The lowest BCUT2D eigenvalue weighted by atomic mass is 9.89. The van der Waals surface area contributed by atoms with Crippen LogP contribution in [0.25, 0.3) is 0 Å². The normalized spacial score (nSPS) is 25.1. The van der Waals surface area contributed by atoms with E-state index >= 15 is 0 Å². The number of carbonyl (C=O) groups excluding carboxylic acids is 2. The first-order chi connectivity index (χ1) is 8.82. The van der Waals surface area contributed by atoms with Gasteiger partial charge in [0.1, 0.15) is 0 Å². The van der Waals surface area contributed by atoms with Gasteiger partial charge in [-0.25, -0.2) is 0 Å². The second-order valence-electron chi connectivity index (χ2n) is 5.50. The van der Waals surface area contributed by atoms with Crippen LogP contribution in [0.3, 0.4) is 0 Å². The van der Waals surface area contributed by atoms with Crippen molar-refractivity contribution in [3.05, 3.63) is 0 Å². The van der Waals surface area contributed by atoms with Crippen molar-refractivity contribution in [1.29, 1.82) is 0 Å². The highest BCUT2D eigenvalue weighted by molar-refractivity contribution is 5.76. The molecule has 19 heavy (non-hydrogen) atoms. The molecule has 110 valence electrons. The predicted molar refractivity (Wildman–Crippen MR) is 70.5 cm³/mol. The summed E-state index contributed by atoms with van der Waals surface area (Å²) in [5, 5.41) is 15.4. The fraction of sp³-hybridized carbons (Fsp3) is 0.846. The van der Waals surface area contributed by atoms with Gasteiger partial charge < -0.3 is 20.5 Å². The van der Waals surface area contributed by atoms with Gasteiger partial charge in [-0.1, -0.05) is 0 Å². The summed E-state index contributed by atoms with van der Waals surface area (Å²) in [6.45, 7) is 3.16. The standard InChI is InChI=1S/C13H24N2O4/c1-9(16)14-8-13(2,18)5-4-12(17)15-10-6-11(7-10)19-3/h10-11,18H,4-8H2,1-3H3,(H,14,16)(H,15,17)/t10-,11+,13?. The molecule has 0 aromatic rings. The van der Waals surface area contributed by atoms with E-state index in [0.29, 0.717) is 6.42 Å². The zero-order valence-corrected chi connectivity index (χ0v) is 11.9. The second kappa shape index (κ2) is 6.86. The SMILES string of the molecule is CO[C@H]1C[C@@H](NC(=O)CCC(C)(O)CNC(C)=O)C1. The van der Waals surface area contributed by atoms with Gasteiger partial charge in [-0.05, 0) is 26.2 Å². The number of aliphatic hydroxyl groups is 1. The van der Waals surface area contributed by atoms with Gasteiger partial charge in [-0.3, -0.25) is 9.59 Å². The molecule has 0 aliphatic heterocycles. The van der Waals surface area contributed by atoms with Crippen molar-refractivity contribution in [3.63, 3.8) is 0 Å². The quantitative estimate of drug-likeness (QED) is 0.606. The van der Waals surface area contributed by atoms with E-state index in [1.165, 1.54) is 6.92 Å². The number of hydrogen-bond acceptors (Lipinski definition) is 4. The van der Waals surface area contributed by atoms with Crippen LogP contribution in [0.5, 0.6) is 0 Å². The first-order valence-corrected chi connectivity index (χ1v) is 6.61. The number of amides is 2. The molecule has 1 aliphatic carbocycles. The Bertz CT molecular complexity index is 325. The van der Waals surface area contributed by atoms with Crippen LogP contribution >= 0.6 is 0 Å². The van der Waals surface area contributed by atoms with Crippen LogP contribution in [0.15, 0.2) is 0 Å². The Morgan fingerprint density at radius 3 is 2.58 bits per heavy atom. The van der Waals surface area contributed by atoms with Crippen LogP contribution < -0.4 is 10.6 Å². The Labute approximate surface area is 113 Å². The maximum atomic E-state index is 11.7. The third-order valence-corrected chi connectivity index (χ3v) is 3.40. The second-order valence-corrected chi connectivity index (χ2v) is 5.50. The molecule has 0 heterocycles. The van der Waals surface area contributed by atoms with Gasteiger partial charge in [-0.15, -0.1) is 0 Å². The van der Waals surface area contributed by atoms with Crippen molar-refractivity contribution in [2.24, 2.45) is 0 Å². The highest BCUT2D eigenvalue weighted by Gasteiger charge is 2.30. The van der Waals surface area contributed by atoms with Gasteiger partial charge in [0, 0.05) is 33.0 Å². The molecule has 1 rings (SSSR count). The van der Waals surface area contributed by atoms with Gasteiger partial charge in [0.2, 0.25) is 11.8 Å². The highest BCUT2D eigenvalue weighted by atomic mass is 16.5. The summed E-state index contributed by atoms with van der Waals surface area (Å²) in [6, 6.07) is 0.192. The number of methoxy groups -OCH3 is 1. The molecule has 1 saturated carbocycles. The first kappa shape index (κ1) is 15.9. The Balaban J connectivity index is 2.17. The predicted octanol–water partition coefficient (Wildman–Crippen LogP) is -0.0527. The van der Waals surface area contributed by atoms with Crippen LogP contribution in [-0.2, 0) is 14.3 Å². The molecule has 1 unspecified atom stereocenters. The largest absolute Gasteiger partial charge is 0.388 e. The third-order valence-electron chi connectivity index (χ3n) is 3.40. The molecule has 0 bridgehead atoms. The minimum absolute atomic E-state index is 0.0670. The molecule has 6 heteroatoms. The van der Waals surface area contributed by atoms with Crippen molar-refractivity contribution in [3.8, 4) is 0 Å². The van der Waals surface area contributed by atoms with E-state index in [9.17, 15) is 14.7 Å². The Hall–Kier alpha value is -1.14. The van der Waals surface area contributed by atoms with Gasteiger partial charge in [-0.2, -0.15) is 0 Å². The van der Waals surface area contributed by atoms with Crippen LogP contribution in [0.2, 0.25) is 0 Å². The summed E-state index contributed by atoms with van der Waals surface area (Å²) in [6.07, 6.45) is 2.53. The van der Waals surface area contributed by atoms with E-state index < -0.39 is 5.60 Å². The number of rotatable bonds is 7. The smallest absolute Gasteiger partial charge is 0.220 e. The van der Waals surface area contributed by atoms with Crippen molar-refractivity contribution in [2.75, 3.05) is 13.7 Å². The summed E-state index contributed by atoms with van der Waals surface area (Å²) in [4.78, 5) is 22.4. The molecule has 1 fully saturated rings. The van der Waals surface area contributed by atoms with Gasteiger partial charge in [0.25, 0.3) is 0 Å². The van der Waals surface area contributed by atoms with Crippen LogP contribution in [0.1, 0.15) is 39.5 Å². The monoisotopic (exact) mass is 272 g/mol. The molecular weight excluding hydrogens is 248 g/mol. The summed E-state index contributed by atoms with van der Waals surface area (Å²) in [7, 11) is 1.67. The summed E-state index contributed by atoms with van der Waals surface area (Å²) >= 11 is 0. The summed E-state index contributed by atoms with van der Waals surface area (Å²) in [5.74, 6) is -0.257. The summed E-state index contributed by atoms with van der Waals surface area (Å²) < 4.78 is 5.14. The van der Waals surface area contributed by atoms with Gasteiger partial charge in [0.05, 0.1) is 11.7 Å². The molecule has 0 saturated heterocycles. The molecule has 1 atom stereocenters. The first-order valence-electron chi connectivity index (χ1n) is 6.61. The molecule has 0 aromatic carbocycles. The molecule has 3 N–H and O–H groups in total. The highest BCUT2D eigenvalue weighted by Crippen LogP contribution is 2.22. The molecule has 0 spiro atoms. The van der Waals surface area contributed by atoms with E-state index in [-0.39, 0.29) is 36.9 Å². The number of nitrogens with one attached hydrogen (secondary N) is 2. The van der Waals surface area contributed by atoms with Crippen molar-refractivity contribution >= 4 is 11.8 Å². The number of hydrogen-bond donors (Lipinski definition) is 3. The minimum Gasteiger partial charge on any atom is -0.388 e. The van der Waals surface area contributed by atoms with Gasteiger partial charge >= 0.3 is 0 Å².